The van der Waals surface area contributed by atoms with Crippen LogP contribution in [0.5, 0.6) is 5.75 Å². The maximum absolute atomic E-state index is 8.86. The van der Waals surface area contributed by atoms with Gasteiger partial charge in [-0.3, -0.25) is 0 Å². The van der Waals surface area contributed by atoms with Gasteiger partial charge in [0.1, 0.15) is 0 Å². The number of para-hydroxylation sites is 1. The van der Waals surface area contributed by atoms with Gasteiger partial charge in [-0.15, -0.1) is 6.07 Å². The first-order chi connectivity index (χ1) is 3.80. The van der Waals surface area contributed by atoms with Gasteiger partial charge >= 0.3 is 0 Å². The predicted octanol–water partition coefficient (Wildman–Crippen LogP) is 1.57. The molecule has 0 heterocycles. The molecule has 0 spiro atoms. The van der Waals surface area contributed by atoms with Crippen molar-refractivity contribution >= 4 is 0 Å². The van der Waals surface area contributed by atoms with Crippen molar-refractivity contribution < 1.29 is 25.5 Å². The summed E-state index contributed by atoms with van der Waals surface area (Å²) in [5, 5.41) is 8.86. The summed E-state index contributed by atoms with van der Waals surface area (Å²) in [6.45, 7) is 3.57. The van der Waals surface area contributed by atoms with Gasteiger partial charge in [-0.25, -0.2) is 0 Å². The molecule has 0 amide bonds. The number of hydrogen-bond acceptors (Lipinski definition) is 1. The number of phenolic OH excluding ortho intramolecular Hbond substituents is 1. The van der Waals surface area contributed by atoms with E-state index in [2.05, 4.69) is 6.92 Å². The number of hydrogen-bond donors (Lipinski definition) is 1. The Bertz CT molecular complexity index is 165. The van der Waals surface area contributed by atoms with Crippen molar-refractivity contribution in [1.82, 2.24) is 0 Å². The standard InChI is InChI=1S/C7H7O.Pd/c1-6-4-2-3-5-7(6)8;/h2-5,8H,1H2;/q-1;. The van der Waals surface area contributed by atoms with Crippen LogP contribution in [0.3, 0.4) is 0 Å². The Morgan fingerprint density at radius 1 is 1.22 bits per heavy atom. The van der Waals surface area contributed by atoms with E-state index in [-0.39, 0.29) is 26.2 Å². The van der Waals surface area contributed by atoms with Gasteiger partial charge in [0.25, 0.3) is 0 Å². The second kappa shape index (κ2) is 3.55. The van der Waals surface area contributed by atoms with Gasteiger partial charge in [0.05, 0.1) is 0 Å². The summed E-state index contributed by atoms with van der Waals surface area (Å²) in [6.07, 6.45) is 0. The Kier molecular flexibility index (Phi) is 3.38. The van der Waals surface area contributed by atoms with E-state index in [0.717, 1.165) is 0 Å². The molecule has 0 aromatic heterocycles. The zero-order valence-electron chi connectivity index (χ0n) is 4.78. The molecule has 1 N–H and O–H groups in total. The molecule has 0 aliphatic heterocycles. The van der Waals surface area contributed by atoms with Gasteiger partial charge in [0.15, 0.2) is 0 Å². The number of aromatic hydroxyl groups is 1. The van der Waals surface area contributed by atoms with Crippen molar-refractivity contribution in [1.29, 1.82) is 0 Å². The van der Waals surface area contributed by atoms with Crippen LogP contribution < -0.4 is 0 Å². The molecule has 0 radical (unpaired) electrons. The number of benzene rings is 1. The summed E-state index contributed by atoms with van der Waals surface area (Å²) in [5.41, 5.74) is 0.674. The molecule has 0 unspecified atom stereocenters. The Hall–Kier alpha value is -0.448. The van der Waals surface area contributed by atoms with Gasteiger partial charge in [-0.2, -0.15) is 18.6 Å². The third-order valence-electron chi connectivity index (χ3n) is 0.992. The Morgan fingerprint density at radius 2 is 1.78 bits per heavy atom. The predicted molar refractivity (Wildman–Crippen MR) is 32.6 cm³/mol. The number of phenols is 1. The molecule has 0 saturated carbocycles. The summed E-state index contributed by atoms with van der Waals surface area (Å²) in [7, 11) is 0. The van der Waals surface area contributed by atoms with E-state index in [1.165, 1.54) is 0 Å². The third kappa shape index (κ3) is 2.09. The molecule has 0 aliphatic carbocycles. The fourth-order valence-electron chi connectivity index (χ4n) is 0.511. The minimum atomic E-state index is 0. The SMILES string of the molecule is [CH2-]c1ccccc1O.[Pd]. The van der Waals surface area contributed by atoms with E-state index in [0.29, 0.717) is 5.56 Å². The van der Waals surface area contributed by atoms with Crippen molar-refractivity contribution in [3.8, 4) is 5.75 Å². The summed E-state index contributed by atoms with van der Waals surface area (Å²) in [6, 6.07) is 6.98. The van der Waals surface area contributed by atoms with Crippen molar-refractivity contribution in [2.75, 3.05) is 0 Å². The zero-order valence-corrected chi connectivity index (χ0v) is 6.33. The fourth-order valence-corrected chi connectivity index (χ4v) is 0.511. The first-order valence-electron chi connectivity index (χ1n) is 2.40. The molecule has 1 aromatic rings. The van der Waals surface area contributed by atoms with Crippen LogP contribution in [-0.4, -0.2) is 5.11 Å². The van der Waals surface area contributed by atoms with E-state index in [1.54, 1.807) is 18.2 Å². The second-order valence-corrected chi connectivity index (χ2v) is 1.63. The van der Waals surface area contributed by atoms with Crippen LogP contribution in [0.2, 0.25) is 0 Å². The second-order valence-electron chi connectivity index (χ2n) is 1.63. The molecule has 1 rings (SSSR count). The largest absolute Gasteiger partial charge is 0.565 e. The summed E-state index contributed by atoms with van der Waals surface area (Å²) in [4.78, 5) is 0. The molecule has 9 heavy (non-hydrogen) atoms. The Morgan fingerprint density at radius 3 is 2.11 bits per heavy atom. The van der Waals surface area contributed by atoms with E-state index < -0.39 is 0 Å². The molecular formula is C7H7OPd-. The summed E-state index contributed by atoms with van der Waals surface area (Å²) >= 11 is 0. The van der Waals surface area contributed by atoms with E-state index in [9.17, 15) is 0 Å². The van der Waals surface area contributed by atoms with Gasteiger partial charge in [-0.1, -0.05) is 12.1 Å². The quantitative estimate of drug-likeness (QED) is 0.512. The van der Waals surface area contributed by atoms with Crippen molar-refractivity contribution in [2.45, 2.75) is 0 Å². The van der Waals surface area contributed by atoms with Gasteiger partial charge < -0.3 is 5.11 Å². The molecule has 0 fully saturated rings. The first kappa shape index (κ1) is 8.55. The summed E-state index contributed by atoms with van der Waals surface area (Å²) < 4.78 is 0. The van der Waals surface area contributed by atoms with Crippen LogP contribution in [-0.2, 0) is 20.4 Å². The average Bonchev–Trinajstić information content (AvgIpc) is 1.77. The normalized spacial score (nSPS) is 8.00. The molecule has 0 saturated heterocycles. The van der Waals surface area contributed by atoms with Crippen molar-refractivity contribution in [3.05, 3.63) is 36.8 Å². The molecule has 1 nitrogen and oxygen atoms in total. The maximum Gasteiger partial charge on any atom is 0.0102 e. The van der Waals surface area contributed by atoms with Crippen LogP contribution in [0.4, 0.5) is 0 Å². The van der Waals surface area contributed by atoms with E-state index in [4.69, 9.17) is 5.11 Å². The zero-order chi connectivity index (χ0) is 5.98. The number of rotatable bonds is 0. The van der Waals surface area contributed by atoms with Gasteiger partial charge in [0.2, 0.25) is 0 Å². The van der Waals surface area contributed by atoms with Crippen LogP contribution in [0, 0.1) is 6.92 Å². The minimum absolute atomic E-state index is 0. The summed E-state index contributed by atoms with van der Waals surface area (Å²) in [5.74, 6) is 0.257. The topological polar surface area (TPSA) is 20.2 Å². The monoisotopic (exact) mass is 213 g/mol. The van der Waals surface area contributed by atoms with Crippen LogP contribution in [0.15, 0.2) is 24.3 Å². The van der Waals surface area contributed by atoms with E-state index in [1.807, 2.05) is 6.07 Å². The Labute approximate surface area is 68.4 Å². The van der Waals surface area contributed by atoms with Crippen LogP contribution in [0.25, 0.3) is 0 Å². The maximum atomic E-state index is 8.86. The molecular weight excluding hydrogens is 206 g/mol. The van der Waals surface area contributed by atoms with Crippen molar-refractivity contribution in [2.24, 2.45) is 0 Å². The average molecular weight is 214 g/mol. The molecule has 0 bridgehead atoms. The minimum Gasteiger partial charge on any atom is -0.565 e. The molecule has 52 valence electrons. The molecule has 0 atom stereocenters. The molecule has 0 aliphatic rings. The van der Waals surface area contributed by atoms with Crippen LogP contribution in [0.1, 0.15) is 5.56 Å². The first-order valence-corrected chi connectivity index (χ1v) is 2.40. The fraction of sp³-hybridized carbons (Fsp3) is 0. The smallest absolute Gasteiger partial charge is 0.0102 e. The Balaban J connectivity index is 0.000000640. The molecule has 2 heteroatoms. The van der Waals surface area contributed by atoms with Crippen LogP contribution >= 0.6 is 0 Å². The third-order valence-corrected chi connectivity index (χ3v) is 0.992. The van der Waals surface area contributed by atoms with Gasteiger partial charge in [0, 0.05) is 26.2 Å². The van der Waals surface area contributed by atoms with Crippen molar-refractivity contribution in [3.63, 3.8) is 0 Å². The van der Waals surface area contributed by atoms with E-state index >= 15 is 0 Å². The van der Waals surface area contributed by atoms with Gasteiger partial charge in [-0.05, 0) is 0 Å². The molecule has 1 aromatic carbocycles.